The number of aliphatic hydroxyl groups excluding tert-OH is 1. The molecule has 1 fully saturated rings. The van der Waals surface area contributed by atoms with E-state index in [9.17, 15) is 14.3 Å². The zero-order chi connectivity index (χ0) is 17.6. The van der Waals surface area contributed by atoms with Gasteiger partial charge in [0.25, 0.3) is 0 Å². The van der Waals surface area contributed by atoms with Crippen LogP contribution < -0.4 is 5.32 Å². The van der Waals surface area contributed by atoms with Gasteiger partial charge < -0.3 is 19.7 Å². The minimum absolute atomic E-state index is 0. The zero-order valence-electron chi connectivity index (χ0n) is 14.3. The summed E-state index contributed by atoms with van der Waals surface area (Å²) < 4.78 is 18.1. The first kappa shape index (κ1) is 20.2. The molecule has 0 aliphatic carbocycles. The molecule has 142 valence electrons. The molecular weight excluding hydrogens is 361 g/mol. The van der Waals surface area contributed by atoms with E-state index in [2.05, 4.69) is 10.2 Å². The Morgan fingerprint density at radius 1 is 1.19 bits per heavy atom. The van der Waals surface area contributed by atoms with Crippen LogP contribution in [-0.2, 0) is 6.54 Å². The number of nitrogens with zero attached hydrogens (tertiary/aromatic N) is 2. The molecule has 6 nitrogen and oxygen atoms in total. The largest absolute Gasteiger partial charge is 0.467 e. The van der Waals surface area contributed by atoms with E-state index in [1.54, 1.807) is 35.4 Å². The molecular formula is C18H23ClFN3O3. The quantitative estimate of drug-likeness (QED) is 0.832. The van der Waals surface area contributed by atoms with E-state index >= 15 is 0 Å². The molecule has 3 rings (SSSR count). The lowest BCUT2D eigenvalue weighted by Gasteiger charge is -2.35. The molecule has 1 saturated heterocycles. The number of β-amino-alcohol motifs (C(OH)–C–C–N with tert-alkyl or cyclic N) is 1. The molecule has 0 bridgehead atoms. The van der Waals surface area contributed by atoms with Crippen LogP contribution in [0.15, 0.2) is 47.1 Å². The van der Waals surface area contributed by atoms with E-state index in [0.29, 0.717) is 45.0 Å². The summed E-state index contributed by atoms with van der Waals surface area (Å²) in [6.07, 6.45) is 0.885. The second-order valence-electron chi connectivity index (χ2n) is 6.10. The number of furan rings is 1. The minimum Gasteiger partial charge on any atom is -0.467 e. The topological polar surface area (TPSA) is 69.0 Å². The molecule has 1 aromatic carbocycles. The van der Waals surface area contributed by atoms with Gasteiger partial charge in [0.05, 0.1) is 6.26 Å². The van der Waals surface area contributed by atoms with E-state index in [4.69, 9.17) is 4.42 Å². The van der Waals surface area contributed by atoms with Crippen LogP contribution >= 0.6 is 12.4 Å². The van der Waals surface area contributed by atoms with Gasteiger partial charge in [0.1, 0.15) is 17.7 Å². The van der Waals surface area contributed by atoms with E-state index in [-0.39, 0.29) is 24.3 Å². The van der Waals surface area contributed by atoms with E-state index in [1.165, 1.54) is 12.1 Å². The van der Waals surface area contributed by atoms with Gasteiger partial charge in [-0.25, -0.2) is 9.18 Å². The second kappa shape index (κ2) is 9.56. The molecule has 2 amide bonds. The van der Waals surface area contributed by atoms with Gasteiger partial charge in [-0.15, -0.1) is 12.4 Å². The van der Waals surface area contributed by atoms with Gasteiger partial charge in [0.2, 0.25) is 0 Å². The fraction of sp³-hybridized carbons (Fsp3) is 0.389. The fourth-order valence-corrected chi connectivity index (χ4v) is 2.84. The average molecular weight is 384 g/mol. The molecule has 1 aliphatic heterocycles. The first-order valence-corrected chi connectivity index (χ1v) is 8.33. The maximum atomic E-state index is 12.9. The minimum atomic E-state index is -0.658. The van der Waals surface area contributed by atoms with E-state index in [1.807, 2.05) is 0 Å². The third kappa shape index (κ3) is 5.45. The third-order valence-corrected chi connectivity index (χ3v) is 4.32. The summed E-state index contributed by atoms with van der Waals surface area (Å²) in [5.74, 6) is 0.266. The number of benzene rings is 1. The van der Waals surface area contributed by atoms with Crippen molar-refractivity contribution in [1.82, 2.24) is 15.1 Å². The molecule has 1 unspecified atom stereocenters. The lowest BCUT2D eigenvalue weighted by Crippen LogP contribution is -2.52. The van der Waals surface area contributed by atoms with Crippen molar-refractivity contribution >= 4 is 18.4 Å². The molecule has 8 heteroatoms. The summed E-state index contributed by atoms with van der Waals surface area (Å²) in [4.78, 5) is 16.1. The molecule has 2 heterocycles. The Balaban J connectivity index is 0.00000243. The summed E-state index contributed by atoms with van der Waals surface area (Å²) in [5, 5.41) is 13.0. The number of hydrogen-bond acceptors (Lipinski definition) is 4. The van der Waals surface area contributed by atoms with Crippen LogP contribution in [0.2, 0.25) is 0 Å². The van der Waals surface area contributed by atoms with Gasteiger partial charge in [-0.2, -0.15) is 0 Å². The fourth-order valence-electron chi connectivity index (χ4n) is 2.84. The molecule has 2 N–H and O–H groups in total. The average Bonchev–Trinajstić information content (AvgIpc) is 3.16. The van der Waals surface area contributed by atoms with Crippen LogP contribution in [-0.4, -0.2) is 53.7 Å². The molecule has 0 spiro atoms. The molecule has 0 saturated carbocycles. The van der Waals surface area contributed by atoms with Gasteiger partial charge in [-0.1, -0.05) is 12.1 Å². The number of nitrogens with one attached hydrogen (secondary N) is 1. The Morgan fingerprint density at radius 2 is 1.88 bits per heavy atom. The van der Waals surface area contributed by atoms with Crippen molar-refractivity contribution < 1.29 is 18.7 Å². The van der Waals surface area contributed by atoms with Crippen LogP contribution in [0.25, 0.3) is 0 Å². The number of urea groups is 1. The third-order valence-electron chi connectivity index (χ3n) is 4.32. The van der Waals surface area contributed by atoms with Crippen LogP contribution in [0.5, 0.6) is 0 Å². The number of rotatable bonds is 5. The van der Waals surface area contributed by atoms with Crippen LogP contribution in [0.3, 0.4) is 0 Å². The highest BCUT2D eigenvalue weighted by atomic mass is 35.5. The summed E-state index contributed by atoms with van der Waals surface area (Å²) >= 11 is 0. The molecule has 26 heavy (non-hydrogen) atoms. The first-order valence-electron chi connectivity index (χ1n) is 8.33. The van der Waals surface area contributed by atoms with Gasteiger partial charge in [-0.3, -0.25) is 4.90 Å². The lowest BCUT2D eigenvalue weighted by atomic mass is 10.2. The summed E-state index contributed by atoms with van der Waals surface area (Å²) in [6.45, 7) is 3.44. The standard InChI is InChI=1S/C18H22FN3O3.ClH/c19-15-5-3-14(4-6-15)12-20-18(24)22-9-7-21(8-10-22)13-16(23)17-2-1-11-25-17;/h1-6,11,16,23H,7-10,12-13H2,(H,20,24);1H. The lowest BCUT2D eigenvalue weighted by molar-refractivity contribution is 0.0691. The van der Waals surface area contributed by atoms with Crippen LogP contribution in [0.1, 0.15) is 17.4 Å². The highest BCUT2D eigenvalue weighted by Crippen LogP contribution is 2.15. The maximum Gasteiger partial charge on any atom is 0.317 e. The molecule has 1 aromatic heterocycles. The Morgan fingerprint density at radius 3 is 2.50 bits per heavy atom. The Bertz CT molecular complexity index is 673. The van der Waals surface area contributed by atoms with Crippen molar-refractivity contribution in [3.8, 4) is 0 Å². The number of aliphatic hydroxyl groups is 1. The highest BCUT2D eigenvalue weighted by Gasteiger charge is 2.23. The van der Waals surface area contributed by atoms with Crippen LogP contribution in [0, 0.1) is 5.82 Å². The van der Waals surface area contributed by atoms with Crippen molar-refractivity contribution in [2.45, 2.75) is 12.6 Å². The zero-order valence-corrected chi connectivity index (χ0v) is 15.1. The number of carbonyl (C=O) groups excluding carboxylic acids is 1. The highest BCUT2D eigenvalue weighted by molar-refractivity contribution is 5.85. The molecule has 1 atom stereocenters. The van der Waals surface area contributed by atoms with Crippen molar-refractivity contribution in [1.29, 1.82) is 0 Å². The van der Waals surface area contributed by atoms with E-state index < -0.39 is 6.10 Å². The normalized spacial score (nSPS) is 16.0. The van der Waals surface area contributed by atoms with Crippen molar-refractivity contribution in [3.05, 3.63) is 59.8 Å². The first-order chi connectivity index (χ1) is 12.1. The van der Waals surface area contributed by atoms with Gasteiger partial charge in [-0.05, 0) is 29.8 Å². The Kier molecular flexibility index (Phi) is 7.44. The van der Waals surface area contributed by atoms with Crippen LogP contribution in [0.4, 0.5) is 9.18 Å². The van der Waals surface area contributed by atoms with Gasteiger partial charge in [0, 0.05) is 39.3 Å². The summed E-state index contributed by atoms with van der Waals surface area (Å²) in [7, 11) is 0. The SMILES string of the molecule is Cl.O=C(NCc1ccc(F)cc1)N1CCN(CC(O)c2ccco2)CC1. The smallest absolute Gasteiger partial charge is 0.317 e. The summed E-state index contributed by atoms with van der Waals surface area (Å²) in [5.41, 5.74) is 0.856. The predicted molar refractivity (Wildman–Crippen MR) is 97.6 cm³/mol. The molecule has 0 radical (unpaired) electrons. The Hall–Kier alpha value is -2.09. The van der Waals surface area contributed by atoms with Gasteiger partial charge >= 0.3 is 6.03 Å². The predicted octanol–water partition coefficient (Wildman–Crippen LogP) is 2.40. The van der Waals surface area contributed by atoms with Crippen molar-refractivity contribution in [2.24, 2.45) is 0 Å². The second-order valence-corrected chi connectivity index (χ2v) is 6.10. The number of carbonyl (C=O) groups is 1. The van der Waals surface area contributed by atoms with E-state index in [0.717, 1.165) is 5.56 Å². The monoisotopic (exact) mass is 383 g/mol. The maximum absolute atomic E-state index is 12.9. The number of amides is 2. The molecule has 2 aromatic rings. The van der Waals surface area contributed by atoms with Gasteiger partial charge in [0.15, 0.2) is 0 Å². The number of halogens is 2. The number of hydrogen-bond donors (Lipinski definition) is 2. The number of piperazine rings is 1. The van der Waals surface area contributed by atoms with Crippen molar-refractivity contribution in [2.75, 3.05) is 32.7 Å². The summed E-state index contributed by atoms with van der Waals surface area (Å²) in [6, 6.07) is 9.45. The Labute approximate surface area is 158 Å². The molecule has 1 aliphatic rings. The van der Waals surface area contributed by atoms with Crippen molar-refractivity contribution in [3.63, 3.8) is 0 Å².